The Morgan fingerprint density at radius 3 is 2.03 bits per heavy atom. The zero-order chi connectivity index (χ0) is 23.4. The summed E-state index contributed by atoms with van der Waals surface area (Å²) in [6, 6.07) is 5.57. The van der Waals surface area contributed by atoms with Gasteiger partial charge in [0.2, 0.25) is 5.91 Å². The minimum Gasteiger partial charge on any atom is -0.452 e. The van der Waals surface area contributed by atoms with Crippen molar-refractivity contribution in [2.45, 2.75) is 29.8 Å². The standard InChI is InChI=1S/C19H24N2O8S3/c22-17(20-13-5-7-31(25,26)11-13)9-29-19(24)15-3-1-2-4-16(15)30-10-18(23)21-14-6-8-32(27,28)12-14/h1-4,13-14H,5-12H2,(H,20,22)(H,21,23)/t13-,14+/m0/s1. The molecule has 0 radical (unpaired) electrons. The monoisotopic (exact) mass is 504 g/mol. The third-order valence-electron chi connectivity index (χ3n) is 5.00. The van der Waals surface area contributed by atoms with Crippen LogP contribution in [-0.4, -0.2) is 82.1 Å². The summed E-state index contributed by atoms with van der Waals surface area (Å²) < 4.78 is 50.9. The molecule has 13 heteroatoms. The second-order valence-electron chi connectivity index (χ2n) is 7.70. The lowest BCUT2D eigenvalue weighted by atomic mass is 10.2. The maximum Gasteiger partial charge on any atom is 0.339 e. The van der Waals surface area contributed by atoms with Crippen molar-refractivity contribution < 1.29 is 36.0 Å². The lowest BCUT2D eigenvalue weighted by Crippen LogP contribution is -2.38. The predicted octanol–water partition coefficient (Wildman–Crippen LogP) is -0.458. The Hall–Kier alpha value is -2.12. The van der Waals surface area contributed by atoms with Gasteiger partial charge in [-0.15, -0.1) is 11.8 Å². The van der Waals surface area contributed by atoms with Crippen LogP contribution in [0.2, 0.25) is 0 Å². The van der Waals surface area contributed by atoms with Crippen LogP contribution in [0.5, 0.6) is 0 Å². The number of hydrogen-bond acceptors (Lipinski definition) is 9. The topological polar surface area (TPSA) is 153 Å². The minimum atomic E-state index is -3.14. The molecule has 0 bridgehead atoms. The van der Waals surface area contributed by atoms with E-state index in [-0.39, 0.29) is 40.2 Å². The van der Waals surface area contributed by atoms with Crippen LogP contribution in [0.1, 0.15) is 23.2 Å². The molecule has 176 valence electrons. The van der Waals surface area contributed by atoms with Gasteiger partial charge in [-0.25, -0.2) is 21.6 Å². The van der Waals surface area contributed by atoms with E-state index in [1.807, 2.05) is 0 Å². The van der Waals surface area contributed by atoms with Crippen LogP contribution in [0, 0.1) is 0 Å². The molecule has 1 aromatic rings. The molecule has 0 aliphatic carbocycles. The van der Waals surface area contributed by atoms with E-state index >= 15 is 0 Å². The molecule has 2 fully saturated rings. The smallest absolute Gasteiger partial charge is 0.339 e. The average molecular weight is 505 g/mol. The van der Waals surface area contributed by atoms with Gasteiger partial charge < -0.3 is 15.4 Å². The number of sulfone groups is 2. The van der Waals surface area contributed by atoms with E-state index in [0.29, 0.717) is 17.7 Å². The summed E-state index contributed by atoms with van der Waals surface area (Å²) >= 11 is 1.10. The molecule has 32 heavy (non-hydrogen) atoms. The third kappa shape index (κ3) is 7.20. The van der Waals surface area contributed by atoms with Crippen LogP contribution in [0.3, 0.4) is 0 Å². The van der Waals surface area contributed by atoms with Gasteiger partial charge in [-0.3, -0.25) is 9.59 Å². The maximum atomic E-state index is 12.4. The molecule has 0 aromatic heterocycles. The van der Waals surface area contributed by atoms with E-state index in [1.165, 1.54) is 6.07 Å². The minimum absolute atomic E-state index is 0.0164. The molecule has 2 aliphatic heterocycles. The van der Waals surface area contributed by atoms with Crippen LogP contribution in [0.15, 0.2) is 29.2 Å². The second kappa shape index (κ2) is 10.2. The van der Waals surface area contributed by atoms with Gasteiger partial charge in [0.25, 0.3) is 5.91 Å². The Kier molecular flexibility index (Phi) is 7.83. The molecule has 3 rings (SSSR count). The molecule has 0 spiro atoms. The molecule has 2 heterocycles. The highest BCUT2D eigenvalue weighted by atomic mass is 32.2. The number of thioether (sulfide) groups is 1. The molecule has 2 atom stereocenters. The molecule has 10 nitrogen and oxygen atoms in total. The second-order valence-corrected chi connectivity index (χ2v) is 13.2. The summed E-state index contributed by atoms with van der Waals surface area (Å²) in [4.78, 5) is 37.0. The first-order valence-corrected chi connectivity index (χ1v) is 14.5. The summed E-state index contributed by atoms with van der Waals surface area (Å²) in [5, 5.41) is 5.22. The highest BCUT2D eigenvalue weighted by molar-refractivity contribution is 8.00. The van der Waals surface area contributed by atoms with E-state index in [4.69, 9.17) is 4.74 Å². The molecular formula is C19H24N2O8S3. The Balaban J connectivity index is 1.48. The lowest BCUT2D eigenvalue weighted by Gasteiger charge is -2.13. The summed E-state index contributed by atoms with van der Waals surface area (Å²) in [6.45, 7) is -0.551. The van der Waals surface area contributed by atoms with Gasteiger partial charge in [-0.2, -0.15) is 0 Å². The average Bonchev–Trinajstić information content (AvgIpc) is 3.24. The van der Waals surface area contributed by atoms with E-state index in [1.54, 1.807) is 18.2 Å². The molecule has 0 unspecified atom stereocenters. The van der Waals surface area contributed by atoms with Gasteiger partial charge in [0.1, 0.15) is 0 Å². The van der Waals surface area contributed by atoms with Crippen LogP contribution in [-0.2, 0) is 34.0 Å². The zero-order valence-corrected chi connectivity index (χ0v) is 19.6. The van der Waals surface area contributed by atoms with E-state index < -0.39 is 50.2 Å². The number of ether oxygens (including phenoxy) is 1. The summed E-state index contributed by atoms with van der Waals surface area (Å²) in [6.07, 6.45) is 0.715. The van der Waals surface area contributed by atoms with Crippen LogP contribution >= 0.6 is 11.8 Å². The molecule has 0 saturated carbocycles. The van der Waals surface area contributed by atoms with Gasteiger partial charge >= 0.3 is 5.97 Å². The fourth-order valence-electron chi connectivity index (χ4n) is 3.47. The summed E-state index contributed by atoms with van der Waals surface area (Å²) in [5.74, 6) is -1.80. The number of carbonyl (C=O) groups is 3. The SMILES string of the molecule is O=C(CSc1ccccc1C(=O)OCC(=O)N[C@H]1CCS(=O)(=O)C1)N[C@@H]1CCS(=O)(=O)C1. The van der Waals surface area contributed by atoms with Gasteiger partial charge in [-0.05, 0) is 25.0 Å². The van der Waals surface area contributed by atoms with E-state index in [2.05, 4.69) is 10.6 Å². The Morgan fingerprint density at radius 1 is 0.906 bits per heavy atom. The summed E-state index contributed by atoms with van der Waals surface area (Å²) in [7, 11) is -6.23. The fourth-order valence-corrected chi connectivity index (χ4v) is 7.67. The van der Waals surface area contributed by atoms with E-state index in [9.17, 15) is 31.2 Å². The predicted molar refractivity (Wildman–Crippen MR) is 118 cm³/mol. The Morgan fingerprint density at radius 2 is 1.47 bits per heavy atom. The highest BCUT2D eigenvalue weighted by Crippen LogP contribution is 2.23. The molecule has 1 aromatic carbocycles. The molecule has 2 N–H and O–H groups in total. The number of benzene rings is 1. The van der Waals surface area contributed by atoms with Gasteiger partial charge in [0.05, 0.1) is 34.3 Å². The van der Waals surface area contributed by atoms with Gasteiger partial charge in [0.15, 0.2) is 26.3 Å². The largest absolute Gasteiger partial charge is 0.452 e. The van der Waals surface area contributed by atoms with Crippen molar-refractivity contribution in [1.82, 2.24) is 10.6 Å². The molecule has 2 amide bonds. The first kappa shape index (κ1) is 24.5. The first-order valence-electron chi connectivity index (χ1n) is 9.91. The zero-order valence-electron chi connectivity index (χ0n) is 17.1. The van der Waals surface area contributed by atoms with Crippen molar-refractivity contribution in [3.05, 3.63) is 29.8 Å². The lowest BCUT2D eigenvalue weighted by molar-refractivity contribution is -0.124. The molecule has 2 aliphatic rings. The van der Waals surface area contributed by atoms with Crippen molar-refractivity contribution in [1.29, 1.82) is 0 Å². The molecule has 2 saturated heterocycles. The number of esters is 1. The summed E-state index contributed by atoms with van der Waals surface area (Å²) in [5.41, 5.74) is 0.185. The van der Waals surface area contributed by atoms with Crippen molar-refractivity contribution in [2.75, 3.05) is 35.4 Å². The molecular weight excluding hydrogens is 480 g/mol. The van der Waals surface area contributed by atoms with Crippen molar-refractivity contribution >= 4 is 49.2 Å². The van der Waals surface area contributed by atoms with Crippen LogP contribution < -0.4 is 10.6 Å². The van der Waals surface area contributed by atoms with Gasteiger partial charge in [0, 0.05) is 17.0 Å². The normalized spacial score (nSPS) is 23.4. The third-order valence-corrected chi connectivity index (χ3v) is 9.60. The highest BCUT2D eigenvalue weighted by Gasteiger charge is 2.30. The Labute approximate surface area is 190 Å². The van der Waals surface area contributed by atoms with Crippen molar-refractivity contribution in [3.8, 4) is 0 Å². The maximum absolute atomic E-state index is 12.4. The van der Waals surface area contributed by atoms with Crippen molar-refractivity contribution in [3.63, 3.8) is 0 Å². The van der Waals surface area contributed by atoms with E-state index in [0.717, 1.165) is 11.8 Å². The first-order chi connectivity index (χ1) is 15.0. The van der Waals surface area contributed by atoms with Crippen LogP contribution in [0.4, 0.5) is 0 Å². The number of rotatable bonds is 8. The number of carbonyl (C=O) groups excluding carboxylic acids is 3. The number of nitrogens with one attached hydrogen (secondary N) is 2. The Bertz CT molecular complexity index is 1100. The number of amides is 2. The quantitative estimate of drug-likeness (QED) is 0.354. The van der Waals surface area contributed by atoms with Gasteiger partial charge in [-0.1, -0.05) is 12.1 Å². The van der Waals surface area contributed by atoms with Crippen molar-refractivity contribution in [2.24, 2.45) is 0 Å². The fraction of sp³-hybridized carbons (Fsp3) is 0.526. The number of hydrogen-bond donors (Lipinski definition) is 2. The van der Waals surface area contributed by atoms with Crippen LogP contribution in [0.25, 0.3) is 0 Å².